The lowest BCUT2D eigenvalue weighted by molar-refractivity contribution is 1.31. The molecule has 0 atom stereocenters. The molecule has 3 nitrogen and oxygen atoms in total. The van der Waals surface area contributed by atoms with Gasteiger partial charge in [-0.05, 0) is 46.2 Å². The molecule has 4 heteroatoms. The van der Waals surface area contributed by atoms with Gasteiger partial charge in [-0.2, -0.15) is 5.10 Å². The fourth-order valence-electron chi connectivity index (χ4n) is 3.59. The predicted molar refractivity (Wildman–Crippen MR) is 117 cm³/mol. The Morgan fingerprint density at radius 3 is 2.07 bits per heavy atom. The Balaban J connectivity index is 1.60. The topological polar surface area (TPSA) is 37.3 Å². The van der Waals surface area contributed by atoms with Crippen LogP contribution < -0.4 is 5.43 Å². The summed E-state index contributed by atoms with van der Waals surface area (Å²) in [6.07, 6.45) is 1.91. The van der Waals surface area contributed by atoms with E-state index >= 15 is 0 Å². The van der Waals surface area contributed by atoms with Crippen molar-refractivity contribution in [2.75, 3.05) is 5.43 Å². The minimum absolute atomic E-state index is 0.799. The van der Waals surface area contributed by atoms with Crippen LogP contribution in [-0.4, -0.2) is 11.2 Å². The fourth-order valence-corrected chi connectivity index (χ4v) is 4.41. The summed E-state index contributed by atoms with van der Waals surface area (Å²) in [5.74, 6) is 0. The van der Waals surface area contributed by atoms with Crippen LogP contribution in [0.2, 0.25) is 0 Å². The Morgan fingerprint density at radius 2 is 1.41 bits per heavy atom. The van der Waals surface area contributed by atoms with Crippen LogP contribution >= 0.6 is 11.3 Å². The Hall–Kier alpha value is -3.24. The highest BCUT2D eigenvalue weighted by Crippen LogP contribution is 2.31. The molecule has 130 valence electrons. The summed E-state index contributed by atoms with van der Waals surface area (Å²) < 4.78 is 1.15. The number of aromatic nitrogens is 1. The lowest BCUT2D eigenvalue weighted by Crippen LogP contribution is -1.94. The zero-order valence-electron chi connectivity index (χ0n) is 14.8. The number of hydrazone groups is 1. The molecule has 0 saturated carbocycles. The Labute approximate surface area is 161 Å². The largest absolute Gasteiger partial charge is 0.253 e. The summed E-state index contributed by atoms with van der Waals surface area (Å²) >= 11 is 1.61. The molecule has 0 spiro atoms. The number of thiazole rings is 1. The molecule has 4 aromatic carbocycles. The predicted octanol–water partition coefficient (Wildman–Crippen LogP) is 6.36. The summed E-state index contributed by atoms with van der Waals surface area (Å²) in [7, 11) is 0. The van der Waals surface area contributed by atoms with Gasteiger partial charge in [0.15, 0.2) is 0 Å². The molecule has 5 rings (SSSR count). The van der Waals surface area contributed by atoms with Crippen molar-refractivity contribution in [2.45, 2.75) is 6.92 Å². The van der Waals surface area contributed by atoms with Gasteiger partial charge in [-0.25, -0.2) is 4.98 Å². The summed E-state index contributed by atoms with van der Waals surface area (Å²) in [4.78, 5) is 4.58. The van der Waals surface area contributed by atoms with Gasteiger partial charge < -0.3 is 0 Å². The minimum Gasteiger partial charge on any atom is -0.253 e. The third kappa shape index (κ3) is 2.75. The molecule has 0 radical (unpaired) electrons. The molecule has 0 fully saturated rings. The smallest absolute Gasteiger partial charge is 0.204 e. The number of fused-ring (bicyclic) bond motifs is 3. The zero-order chi connectivity index (χ0) is 18.2. The standard InChI is InChI=1S/C23H17N3S/c1-15-16-8-2-4-10-18(16)20(19-11-5-3-9-17(15)19)14-24-26-23-25-21-12-6-7-13-22(21)27-23/h2-14H,1H3,(H,25,26)/b24-14-. The molecule has 0 amide bonds. The van der Waals surface area contributed by atoms with Crippen molar-refractivity contribution in [1.82, 2.24) is 4.98 Å². The molecular weight excluding hydrogens is 350 g/mol. The highest BCUT2D eigenvalue weighted by Gasteiger charge is 2.09. The SMILES string of the molecule is Cc1c2ccccc2c(/C=N\Nc2nc3ccccc3s2)c2ccccc12. The summed E-state index contributed by atoms with van der Waals surface area (Å²) in [5.41, 5.74) is 6.52. The van der Waals surface area contributed by atoms with Gasteiger partial charge in [0.25, 0.3) is 0 Å². The van der Waals surface area contributed by atoms with Crippen LogP contribution in [0.15, 0.2) is 77.9 Å². The number of hydrogen-bond donors (Lipinski definition) is 1. The lowest BCUT2D eigenvalue weighted by Gasteiger charge is -2.11. The first-order valence-electron chi connectivity index (χ1n) is 8.86. The van der Waals surface area contributed by atoms with E-state index in [9.17, 15) is 0 Å². The van der Waals surface area contributed by atoms with Crippen molar-refractivity contribution < 1.29 is 0 Å². The average Bonchev–Trinajstić information content (AvgIpc) is 3.13. The van der Waals surface area contributed by atoms with Crippen LogP contribution in [-0.2, 0) is 0 Å². The summed E-state index contributed by atoms with van der Waals surface area (Å²) in [6, 6.07) is 25.1. The molecule has 0 aliphatic carbocycles. The van der Waals surface area contributed by atoms with Gasteiger partial charge in [-0.3, -0.25) is 5.43 Å². The first-order chi connectivity index (χ1) is 13.3. The molecule has 1 aromatic heterocycles. The van der Waals surface area contributed by atoms with Gasteiger partial charge in [0.1, 0.15) is 0 Å². The number of nitrogens with one attached hydrogen (secondary N) is 1. The third-order valence-corrected chi connectivity index (χ3v) is 5.83. The van der Waals surface area contributed by atoms with Crippen molar-refractivity contribution >= 4 is 54.4 Å². The number of aryl methyl sites for hydroxylation is 1. The molecule has 0 unspecified atom stereocenters. The number of para-hydroxylation sites is 1. The van der Waals surface area contributed by atoms with Crippen molar-refractivity contribution in [3.05, 3.63) is 83.9 Å². The fraction of sp³-hybridized carbons (Fsp3) is 0.0435. The number of rotatable bonds is 3. The number of anilines is 1. The maximum atomic E-state index is 4.58. The maximum absolute atomic E-state index is 4.58. The van der Waals surface area contributed by atoms with Gasteiger partial charge in [-0.15, -0.1) is 0 Å². The quantitative estimate of drug-likeness (QED) is 0.229. The van der Waals surface area contributed by atoms with Crippen molar-refractivity contribution in [1.29, 1.82) is 0 Å². The first-order valence-corrected chi connectivity index (χ1v) is 9.67. The van der Waals surface area contributed by atoms with Crippen molar-refractivity contribution in [3.63, 3.8) is 0 Å². The zero-order valence-corrected chi connectivity index (χ0v) is 15.6. The van der Waals surface area contributed by atoms with E-state index in [2.05, 4.69) is 77.0 Å². The molecule has 5 aromatic rings. The van der Waals surface area contributed by atoms with Crippen LogP contribution in [0.5, 0.6) is 0 Å². The number of benzene rings is 4. The monoisotopic (exact) mass is 367 g/mol. The number of nitrogens with zero attached hydrogens (tertiary/aromatic N) is 2. The van der Waals surface area contributed by atoms with Crippen LogP contribution in [0, 0.1) is 6.92 Å². The summed E-state index contributed by atoms with van der Waals surface area (Å²) in [6.45, 7) is 2.19. The second-order valence-electron chi connectivity index (χ2n) is 6.49. The Morgan fingerprint density at radius 1 is 0.815 bits per heavy atom. The van der Waals surface area contributed by atoms with Crippen LogP contribution in [0.1, 0.15) is 11.1 Å². The van der Waals surface area contributed by atoms with Gasteiger partial charge in [0.05, 0.1) is 16.4 Å². The third-order valence-electron chi connectivity index (χ3n) is 4.89. The number of hydrogen-bond acceptors (Lipinski definition) is 4. The molecular formula is C23H17N3S. The van der Waals surface area contributed by atoms with E-state index in [4.69, 9.17) is 0 Å². The molecule has 27 heavy (non-hydrogen) atoms. The van der Waals surface area contributed by atoms with Crippen LogP contribution in [0.3, 0.4) is 0 Å². The first kappa shape index (κ1) is 16.0. The van der Waals surface area contributed by atoms with Crippen molar-refractivity contribution in [2.24, 2.45) is 5.10 Å². The molecule has 1 N–H and O–H groups in total. The maximum Gasteiger partial charge on any atom is 0.204 e. The molecule has 0 saturated heterocycles. The second-order valence-corrected chi connectivity index (χ2v) is 7.52. The molecule has 1 heterocycles. The van der Waals surface area contributed by atoms with E-state index < -0.39 is 0 Å². The Kier molecular flexibility index (Phi) is 3.84. The van der Waals surface area contributed by atoms with Gasteiger partial charge >= 0.3 is 0 Å². The molecule has 0 aliphatic heterocycles. The van der Waals surface area contributed by atoms with E-state index in [1.165, 1.54) is 27.1 Å². The van der Waals surface area contributed by atoms with Crippen LogP contribution in [0.4, 0.5) is 5.13 Å². The molecule has 0 bridgehead atoms. The molecule has 0 aliphatic rings. The van der Waals surface area contributed by atoms with E-state index in [-0.39, 0.29) is 0 Å². The van der Waals surface area contributed by atoms with E-state index in [1.807, 2.05) is 24.4 Å². The highest BCUT2D eigenvalue weighted by molar-refractivity contribution is 7.22. The summed E-state index contributed by atoms with van der Waals surface area (Å²) in [5, 5.41) is 10.3. The second kappa shape index (κ2) is 6.49. The highest BCUT2D eigenvalue weighted by atomic mass is 32.1. The lowest BCUT2D eigenvalue weighted by atomic mass is 9.93. The van der Waals surface area contributed by atoms with Gasteiger partial charge in [0, 0.05) is 5.56 Å². The average molecular weight is 367 g/mol. The van der Waals surface area contributed by atoms with E-state index in [1.54, 1.807) is 11.3 Å². The minimum atomic E-state index is 0.799. The van der Waals surface area contributed by atoms with Gasteiger partial charge in [-0.1, -0.05) is 72.0 Å². The van der Waals surface area contributed by atoms with Gasteiger partial charge in [0.2, 0.25) is 5.13 Å². The normalized spacial score (nSPS) is 11.7. The van der Waals surface area contributed by atoms with E-state index in [0.717, 1.165) is 20.9 Å². The Bertz CT molecular complexity index is 1230. The van der Waals surface area contributed by atoms with Crippen LogP contribution in [0.25, 0.3) is 31.8 Å². The van der Waals surface area contributed by atoms with Crippen molar-refractivity contribution in [3.8, 4) is 0 Å². The van der Waals surface area contributed by atoms with E-state index in [0.29, 0.717) is 0 Å².